The van der Waals surface area contributed by atoms with Gasteiger partial charge in [-0.25, -0.2) is 0 Å². The lowest BCUT2D eigenvalue weighted by atomic mass is 10.2. The molecule has 1 heterocycles. The molecule has 0 aliphatic heterocycles. The van der Waals surface area contributed by atoms with Gasteiger partial charge in [-0.15, -0.1) is 24.0 Å². The minimum Gasteiger partial charge on any atom is -0.361 e. The molecule has 4 heteroatoms. The van der Waals surface area contributed by atoms with Crippen LogP contribution in [0.1, 0.15) is 5.56 Å². The van der Waals surface area contributed by atoms with E-state index >= 15 is 0 Å². The number of pyridine rings is 1. The van der Waals surface area contributed by atoms with Crippen molar-refractivity contribution in [2.45, 2.75) is 5.88 Å². The van der Waals surface area contributed by atoms with Crippen molar-refractivity contribution in [3.8, 4) is 0 Å². The van der Waals surface area contributed by atoms with E-state index in [1.165, 1.54) is 0 Å². The molecular formula is C10H9Cl2NO. The fourth-order valence-electron chi connectivity index (χ4n) is 1.31. The van der Waals surface area contributed by atoms with Crippen molar-refractivity contribution in [3.05, 3.63) is 46.2 Å². The van der Waals surface area contributed by atoms with Crippen LogP contribution in [0.25, 0.3) is 10.9 Å². The number of rotatable bonds is 1. The maximum Gasteiger partial charge on any atom is 0.193 e. The molecule has 0 amide bonds. The van der Waals surface area contributed by atoms with E-state index in [9.17, 15) is 4.79 Å². The number of aromatic nitrogens is 1. The Bertz CT molecular complexity index is 493. The predicted octanol–water partition coefficient (Wildman–Crippen LogP) is 2.69. The molecule has 2 aromatic rings. The Morgan fingerprint density at radius 2 is 2.00 bits per heavy atom. The van der Waals surface area contributed by atoms with Gasteiger partial charge in [0.1, 0.15) is 0 Å². The Kier molecular flexibility index (Phi) is 3.55. The Morgan fingerprint density at radius 1 is 1.29 bits per heavy atom. The lowest BCUT2D eigenvalue weighted by molar-refractivity contribution is 1.27. The van der Waals surface area contributed by atoms with Crippen LogP contribution in [-0.2, 0) is 5.88 Å². The number of benzene rings is 1. The van der Waals surface area contributed by atoms with Crippen LogP contribution >= 0.6 is 24.0 Å². The van der Waals surface area contributed by atoms with Crippen LogP contribution in [0, 0.1) is 0 Å². The van der Waals surface area contributed by atoms with Crippen LogP contribution in [0.4, 0.5) is 0 Å². The molecule has 14 heavy (non-hydrogen) atoms. The van der Waals surface area contributed by atoms with Gasteiger partial charge >= 0.3 is 0 Å². The third-order valence-corrected chi connectivity index (χ3v) is 2.30. The molecule has 0 atom stereocenters. The summed E-state index contributed by atoms with van der Waals surface area (Å²) in [5.74, 6) is 0.250. The first-order chi connectivity index (χ1) is 6.33. The molecule has 0 radical (unpaired) electrons. The molecular weight excluding hydrogens is 221 g/mol. The summed E-state index contributed by atoms with van der Waals surface area (Å²) in [6, 6.07) is 7.40. The number of hydrogen-bond donors (Lipinski definition) is 1. The Morgan fingerprint density at radius 3 is 2.71 bits per heavy atom. The summed E-state index contributed by atoms with van der Waals surface area (Å²) < 4.78 is 0. The number of aromatic amines is 1. The van der Waals surface area contributed by atoms with Crippen LogP contribution in [0.3, 0.4) is 0 Å². The Balaban J connectivity index is 0.000000980. The molecule has 0 aliphatic carbocycles. The first kappa shape index (κ1) is 11.1. The SMILES string of the molecule is Cl.O=c1c(CCl)c[nH]c2ccccc12. The van der Waals surface area contributed by atoms with Gasteiger partial charge in [0.25, 0.3) is 0 Å². The molecule has 0 spiro atoms. The van der Waals surface area contributed by atoms with Gasteiger partial charge in [-0.3, -0.25) is 4.79 Å². The number of nitrogens with one attached hydrogen (secondary N) is 1. The van der Waals surface area contributed by atoms with Gasteiger partial charge in [-0.1, -0.05) is 12.1 Å². The monoisotopic (exact) mass is 229 g/mol. The van der Waals surface area contributed by atoms with Crippen molar-refractivity contribution in [2.75, 3.05) is 0 Å². The van der Waals surface area contributed by atoms with Crippen LogP contribution in [0.15, 0.2) is 35.3 Å². The molecule has 0 aliphatic rings. The highest BCUT2D eigenvalue weighted by molar-refractivity contribution is 6.17. The largest absolute Gasteiger partial charge is 0.361 e. The number of fused-ring (bicyclic) bond motifs is 1. The third kappa shape index (κ3) is 1.76. The van der Waals surface area contributed by atoms with Gasteiger partial charge in [-0.2, -0.15) is 0 Å². The van der Waals surface area contributed by atoms with Gasteiger partial charge in [0.05, 0.1) is 5.88 Å². The van der Waals surface area contributed by atoms with E-state index in [0.717, 1.165) is 5.52 Å². The summed E-state index contributed by atoms with van der Waals surface area (Å²) in [6.07, 6.45) is 1.66. The highest BCUT2D eigenvalue weighted by Gasteiger charge is 2.01. The smallest absolute Gasteiger partial charge is 0.193 e. The summed E-state index contributed by atoms with van der Waals surface area (Å²) in [4.78, 5) is 14.7. The van der Waals surface area contributed by atoms with Crippen molar-refractivity contribution in [3.63, 3.8) is 0 Å². The molecule has 2 nitrogen and oxygen atoms in total. The van der Waals surface area contributed by atoms with Crippen molar-refractivity contribution in [1.29, 1.82) is 0 Å². The second kappa shape index (κ2) is 4.49. The summed E-state index contributed by atoms with van der Waals surface area (Å²) in [5, 5.41) is 0.695. The zero-order chi connectivity index (χ0) is 9.26. The van der Waals surface area contributed by atoms with E-state index in [2.05, 4.69) is 4.98 Å². The molecule has 1 aromatic carbocycles. The van der Waals surface area contributed by atoms with E-state index < -0.39 is 0 Å². The van der Waals surface area contributed by atoms with Crippen molar-refractivity contribution in [2.24, 2.45) is 0 Å². The maximum atomic E-state index is 11.7. The standard InChI is InChI=1S/C10H8ClNO.ClH/c11-5-7-6-12-9-4-2-1-3-8(9)10(7)13;/h1-4,6H,5H2,(H,12,13);1H. The van der Waals surface area contributed by atoms with E-state index in [1.807, 2.05) is 18.2 Å². The fourth-order valence-corrected chi connectivity index (χ4v) is 1.51. The number of halogens is 2. The minimum atomic E-state index is 0. The maximum absolute atomic E-state index is 11.7. The minimum absolute atomic E-state index is 0. The van der Waals surface area contributed by atoms with Crippen LogP contribution in [-0.4, -0.2) is 4.98 Å². The Labute approximate surface area is 92.3 Å². The average molecular weight is 230 g/mol. The van der Waals surface area contributed by atoms with Gasteiger partial charge in [0.2, 0.25) is 0 Å². The zero-order valence-corrected chi connectivity index (χ0v) is 8.86. The number of hydrogen-bond acceptors (Lipinski definition) is 1. The number of para-hydroxylation sites is 1. The van der Waals surface area contributed by atoms with Crippen LogP contribution in [0.5, 0.6) is 0 Å². The molecule has 0 fully saturated rings. The first-order valence-corrected chi connectivity index (χ1v) is 4.51. The van der Waals surface area contributed by atoms with Crippen molar-refractivity contribution >= 4 is 34.9 Å². The second-order valence-electron chi connectivity index (χ2n) is 2.82. The molecule has 1 aromatic heterocycles. The number of alkyl halides is 1. The normalized spacial score (nSPS) is 9.79. The molecule has 0 saturated heterocycles. The van der Waals surface area contributed by atoms with Gasteiger partial charge in [0.15, 0.2) is 5.43 Å². The van der Waals surface area contributed by atoms with E-state index in [-0.39, 0.29) is 23.7 Å². The predicted molar refractivity (Wildman–Crippen MR) is 61.4 cm³/mol. The summed E-state index contributed by atoms with van der Waals surface area (Å²) >= 11 is 5.61. The quantitative estimate of drug-likeness (QED) is 0.750. The Hall–Kier alpha value is -0.990. The van der Waals surface area contributed by atoms with Gasteiger partial charge in [-0.05, 0) is 12.1 Å². The number of H-pyrrole nitrogens is 1. The summed E-state index contributed by atoms with van der Waals surface area (Å²) in [7, 11) is 0. The van der Waals surface area contributed by atoms with E-state index in [4.69, 9.17) is 11.6 Å². The van der Waals surface area contributed by atoms with Crippen molar-refractivity contribution in [1.82, 2.24) is 4.98 Å². The highest BCUT2D eigenvalue weighted by Crippen LogP contribution is 2.07. The zero-order valence-electron chi connectivity index (χ0n) is 7.29. The van der Waals surface area contributed by atoms with Crippen molar-refractivity contribution < 1.29 is 0 Å². The summed E-state index contributed by atoms with van der Waals surface area (Å²) in [5.41, 5.74) is 1.48. The molecule has 74 valence electrons. The molecule has 0 bridgehead atoms. The molecule has 1 N–H and O–H groups in total. The van der Waals surface area contributed by atoms with E-state index in [0.29, 0.717) is 10.9 Å². The molecule has 2 rings (SSSR count). The second-order valence-corrected chi connectivity index (χ2v) is 3.09. The highest BCUT2D eigenvalue weighted by atomic mass is 35.5. The molecule has 0 unspecified atom stereocenters. The van der Waals surface area contributed by atoms with E-state index in [1.54, 1.807) is 12.3 Å². The topological polar surface area (TPSA) is 32.9 Å². The van der Waals surface area contributed by atoms with Gasteiger partial charge < -0.3 is 4.98 Å². The summed E-state index contributed by atoms with van der Waals surface area (Å²) in [6.45, 7) is 0. The fraction of sp³-hybridized carbons (Fsp3) is 0.100. The van der Waals surface area contributed by atoms with Gasteiger partial charge in [0, 0.05) is 22.7 Å². The lowest BCUT2D eigenvalue weighted by Gasteiger charge is -1.98. The molecule has 0 saturated carbocycles. The van der Waals surface area contributed by atoms with Crippen LogP contribution in [0.2, 0.25) is 0 Å². The average Bonchev–Trinajstić information content (AvgIpc) is 2.19. The van der Waals surface area contributed by atoms with Crippen LogP contribution < -0.4 is 5.43 Å². The third-order valence-electron chi connectivity index (χ3n) is 2.01. The lowest BCUT2D eigenvalue weighted by Crippen LogP contribution is -2.07. The first-order valence-electron chi connectivity index (χ1n) is 3.98.